The third-order valence-electron chi connectivity index (χ3n) is 5.78. The van der Waals surface area contributed by atoms with Crippen molar-refractivity contribution in [1.82, 2.24) is 4.31 Å². The predicted molar refractivity (Wildman–Crippen MR) is 130 cm³/mol. The number of hydrogen-bond acceptors (Lipinski definition) is 5. The minimum atomic E-state index is -3.59. The SMILES string of the molecule is CC1CCN(S(=O)(=O)c2ccc(C(=O)Nc3sc(-c4ccccc4)cc3C(N)=O)cc2)CC1. The van der Waals surface area contributed by atoms with Crippen molar-refractivity contribution in [3.8, 4) is 10.4 Å². The highest BCUT2D eigenvalue weighted by Crippen LogP contribution is 2.35. The summed E-state index contributed by atoms with van der Waals surface area (Å²) < 4.78 is 27.3. The maximum absolute atomic E-state index is 12.9. The smallest absolute Gasteiger partial charge is 0.256 e. The van der Waals surface area contributed by atoms with Gasteiger partial charge in [-0.1, -0.05) is 37.3 Å². The number of rotatable bonds is 6. The number of sulfonamides is 1. The lowest BCUT2D eigenvalue weighted by atomic mass is 10.0. The largest absolute Gasteiger partial charge is 0.366 e. The van der Waals surface area contributed by atoms with E-state index >= 15 is 0 Å². The maximum atomic E-state index is 12.9. The van der Waals surface area contributed by atoms with Crippen LogP contribution in [0.1, 0.15) is 40.5 Å². The lowest BCUT2D eigenvalue weighted by Gasteiger charge is -2.29. The molecule has 7 nitrogen and oxygen atoms in total. The molecule has 9 heteroatoms. The highest BCUT2D eigenvalue weighted by molar-refractivity contribution is 7.89. The summed E-state index contributed by atoms with van der Waals surface area (Å²) in [5.41, 5.74) is 6.93. The fourth-order valence-electron chi connectivity index (χ4n) is 3.74. The Morgan fingerprint density at radius 1 is 1.03 bits per heavy atom. The Morgan fingerprint density at radius 2 is 1.67 bits per heavy atom. The van der Waals surface area contributed by atoms with Gasteiger partial charge in [-0.05, 0) is 54.7 Å². The third kappa shape index (κ3) is 5.00. The predicted octanol–water partition coefficient (Wildman–Crippen LogP) is 4.19. The highest BCUT2D eigenvalue weighted by Gasteiger charge is 2.28. The summed E-state index contributed by atoms with van der Waals surface area (Å²) in [5.74, 6) is -0.566. The van der Waals surface area contributed by atoms with Crippen molar-refractivity contribution in [2.75, 3.05) is 18.4 Å². The van der Waals surface area contributed by atoms with Crippen molar-refractivity contribution in [3.63, 3.8) is 0 Å². The fraction of sp³-hybridized carbons (Fsp3) is 0.250. The first-order valence-corrected chi connectivity index (χ1v) is 12.9. The van der Waals surface area contributed by atoms with Gasteiger partial charge in [0.05, 0.1) is 10.5 Å². The minimum absolute atomic E-state index is 0.161. The van der Waals surface area contributed by atoms with Crippen LogP contribution >= 0.6 is 11.3 Å². The molecule has 0 bridgehead atoms. The monoisotopic (exact) mass is 483 g/mol. The molecule has 1 saturated heterocycles. The van der Waals surface area contributed by atoms with Crippen molar-refractivity contribution in [1.29, 1.82) is 0 Å². The summed E-state index contributed by atoms with van der Waals surface area (Å²) in [6.45, 7) is 3.13. The summed E-state index contributed by atoms with van der Waals surface area (Å²) in [6, 6.07) is 17.0. The molecule has 1 aliphatic heterocycles. The van der Waals surface area contributed by atoms with E-state index in [1.807, 2.05) is 30.3 Å². The number of carbonyl (C=O) groups excluding carboxylic acids is 2. The maximum Gasteiger partial charge on any atom is 0.256 e. The van der Waals surface area contributed by atoms with Gasteiger partial charge >= 0.3 is 0 Å². The number of nitrogens with one attached hydrogen (secondary N) is 1. The number of anilines is 1. The average molecular weight is 484 g/mol. The van der Waals surface area contributed by atoms with Crippen LogP contribution in [0.5, 0.6) is 0 Å². The Hall–Kier alpha value is -3.01. The second-order valence-corrected chi connectivity index (χ2v) is 11.1. The van der Waals surface area contributed by atoms with Gasteiger partial charge in [0.25, 0.3) is 11.8 Å². The molecule has 4 rings (SSSR count). The fourth-order valence-corrected chi connectivity index (χ4v) is 6.27. The van der Waals surface area contributed by atoms with Gasteiger partial charge in [0.1, 0.15) is 5.00 Å². The molecule has 0 aliphatic carbocycles. The summed E-state index contributed by atoms with van der Waals surface area (Å²) >= 11 is 1.25. The highest BCUT2D eigenvalue weighted by atomic mass is 32.2. The molecule has 1 fully saturated rings. The van der Waals surface area contributed by atoms with Crippen LogP contribution in [-0.2, 0) is 10.0 Å². The number of benzene rings is 2. The third-order valence-corrected chi connectivity index (χ3v) is 8.79. The number of thiophene rings is 1. The summed E-state index contributed by atoms with van der Waals surface area (Å²) in [6.07, 6.45) is 1.68. The zero-order valence-corrected chi connectivity index (χ0v) is 19.8. The molecule has 33 heavy (non-hydrogen) atoms. The lowest BCUT2D eigenvalue weighted by molar-refractivity contribution is 0.100. The van der Waals surface area contributed by atoms with Crippen LogP contribution in [0.15, 0.2) is 65.6 Å². The van der Waals surface area contributed by atoms with Gasteiger partial charge < -0.3 is 11.1 Å². The minimum Gasteiger partial charge on any atom is -0.366 e. The van der Waals surface area contributed by atoms with Gasteiger partial charge in [0, 0.05) is 23.5 Å². The number of nitrogens with two attached hydrogens (primary N) is 1. The van der Waals surface area contributed by atoms with Crippen LogP contribution in [0.2, 0.25) is 0 Å². The number of amides is 2. The zero-order chi connectivity index (χ0) is 23.6. The quantitative estimate of drug-likeness (QED) is 0.548. The van der Waals surface area contributed by atoms with Gasteiger partial charge in [0.15, 0.2) is 0 Å². The normalized spacial score (nSPS) is 15.3. The van der Waals surface area contributed by atoms with E-state index in [1.54, 1.807) is 6.07 Å². The van der Waals surface area contributed by atoms with E-state index in [1.165, 1.54) is 39.9 Å². The second kappa shape index (κ2) is 9.46. The molecule has 3 N–H and O–H groups in total. The molecular weight excluding hydrogens is 458 g/mol. The van der Waals surface area contributed by atoms with Crippen LogP contribution < -0.4 is 11.1 Å². The molecule has 1 aromatic heterocycles. The molecule has 3 aromatic rings. The van der Waals surface area contributed by atoms with E-state index in [0.29, 0.717) is 24.0 Å². The Kier molecular flexibility index (Phi) is 6.64. The molecule has 0 radical (unpaired) electrons. The van der Waals surface area contributed by atoms with E-state index in [0.717, 1.165) is 23.3 Å². The first-order valence-electron chi connectivity index (χ1n) is 10.7. The summed E-state index contributed by atoms with van der Waals surface area (Å²) in [5, 5.41) is 3.10. The Balaban J connectivity index is 1.52. The van der Waals surface area contributed by atoms with Crippen molar-refractivity contribution >= 4 is 38.2 Å². The number of hydrogen-bond donors (Lipinski definition) is 2. The van der Waals surface area contributed by atoms with E-state index in [9.17, 15) is 18.0 Å². The van der Waals surface area contributed by atoms with E-state index in [4.69, 9.17) is 5.73 Å². The molecule has 2 amide bonds. The first kappa shape index (κ1) is 23.2. The Labute approximate surface area is 197 Å². The molecule has 172 valence electrons. The van der Waals surface area contributed by atoms with Crippen LogP contribution in [0.4, 0.5) is 5.00 Å². The second-order valence-electron chi connectivity index (χ2n) is 8.15. The van der Waals surface area contributed by atoms with Crippen molar-refractivity contribution in [2.24, 2.45) is 11.7 Å². The van der Waals surface area contributed by atoms with Gasteiger partial charge in [0.2, 0.25) is 10.0 Å². The van der Waals surface area contributed by atoms with E-state index < -0.39 is 21.8 Å². The Morgan fingerprint density at radius 3 is 2.27 bits per heavy atom. The number of primary amides is 1. The lowest BCUT2D eigenvalue weighted by Crippen LogP contribution is -2.37. The summed E-state index contributed by atoms with van der Waals surface area (Å²) in [4.78, 5) is 25.7. The number of nitrogens with zero attached hydrogens (tertiary/aromatic N) is 1. The zero-order valence-electron chi connectivity index (χ0n) is 18.2. The average Bonchev–Trinajstić information content (AvgIpc) is 3.24. The number of piperidine rings is 1. The van der Waals surface area contributed by atoms with Crippen LogP contribution in [0.25, 0.3) is 10.4 Å². The Bertz CT molecular complexity index is 1260. The van der Waals surface area contributed by atoms with Crippen molar-refractivity contribution in [3.05, 3.63) is 71.8 Å². The van der Waals surface area contributed by atoms with Gasteiger partial charge in [-0.15, -0.1) is 11.3 Å². The standard InChI is InChI=1S/C24H25N3O4S2/c1-16-11-13-27(14-12-16)33(30,31)19-9-7-18(8-10-19)23(29)26-24-20(22(25)28)15-21(32-24)17-5-3-2-4-6-17/h2-10,15-16H,11-14H2,1H3,(H2,25,28)(H,26,29). The van der Waals surface area contributed by atoms with E-state index in [2.05, 4.69) is 12.2 Å². The van der Waals surface area contributed by atoms with Crippen molar-refractivity contribution in [2.45, 2.75) is 24.7 Å². The molecule has 0 saturated carbocycles. The van der Waals surface area contributed by atoms with Crippen LogP contribution in [0, 0.1) is 5.92 Å². The molecule has 2 aromatic carbocycles. The molecule has 0 spiro atoms. The van der Waals surface area contributed by atoms with Gasteiger partial charge in [-0.25, -0.2) is 8.42 Å². The molecule has 2 heterocycles. The molecular formula is C24H25N3O4S2. The van der Waals surface area contributed by atoms with Crippen LogP contribution in [-0.4, -0.2) is 37.6 Å². The molecule has 1 aliphatic rings. The van der Waals surface area contributed by atoms with Crippen LogP contribution in [0.3, 0.4) is 0 Å². The molecule has 0 atom stereocenters. The van der Waals surface area contributed by atoms with Gasteiger partial charge in [-0.2, -0.15) is 4.31 Å². The topological polar surface area (TPSA) is 110 Å². The van der Waals surface area contributed by atoms with E-state index in [-0.39, 0.29) is 16.0 Å². The molecule has 0 unspecified atom stereocenters. The number of carbonyl (C=O) groups is 2. The van der Waals surface area contributed by atoms with Gasteiger partial charge in [-0.3, -0.25) is 9.59 Å². The summed E-state index contributed by atoms with van der Waals surface area (Å²) in [7, 11) is -3.59. The van der Waals surface area contributed by atoms with Crippen molar-refractivity contribution < 1.29 is 18.0 Å². The first-order chi connectivity index (χ1) is 15.8.